The predicted molar refractivity (Wildman–Crippen MR) is 60.4 cm³/mol. The van der Waals surface area contributed by atoms with Crippen molar-refractivity contribution in [3.8, 4) is 0 Å². The fourth-order valence-electron chi connectivity index (χ4n) is 1.22. The second kappa shape index (κ2) is 5.46. The average molecular weight is 250 g/mol. The summed E-state index contributed by atoms with van der Waals surface area (Å²) in [6.45, 7) is 2.33. The molecule has 0 radical (unpaired) electrons. The number of nitrogens with zero attached hydrogens (tertiary/aromatic N) is 2. The SMILES string of the molecule is CCN(CCC(N)=NO)S(=O)(=O)NC1CC1. The second-order valence-corrected chi connectivity index (χ2v) is 5.43. The van der Waals surface area contributed by atoms with Crippen LogP contribution in [0, 0.1) is 0 Å². The molecule has 94 valence electrons. The van der Waals surface area contributed by atoms with Crippen LogP contribution in [0.25, 0.3) is 0 Å². The first-order valence-electron chi connectivity index (χ1n) is 5.23. The first kappa shape index (κ1) is 13.2. The van der Waals surface area contributed by atoms with Gasteiger partial charge >= 0.3 is 0 Å². The summed E-state index contributed by atoms with van der Waals surface area (Å²) in [5.74, 6) is 0.0278. The fourth-order valence-corrected chi connectivity index (χ4v) is 2.70. The van der Waals surface area contributed by atoms with Crippen LogP contribution in [0.1, 0.15) is 26.2 Å². The van der Waals surface area contributed by atoms with Gasteiger partial charge in [0.25, 0.3) is 10.2 Å². The molecule has 1 rings (SSSR count). The molecule has 0 amide bonds. The molecule has 0 aromatic rings. The first-order valence-corrected chi connectivity index (χ1v) is 6.67. The van der Waals surface area contributed by atoms with Crippen LogP contribution in [0.5, 0.6) is 0 Å². The topological polar surface area (TPSA) is 108 Å². The van der Waals surface area contributed by atoms with Crippen molar-refractivity contribution < 1.29 is 13.6 Å². The van der Waals surface area contributed by atoms with Crippen LogP contribution in [0.4, 0.5) is 0 Å². The molecule has 0 unspecified atom stereocenters. The Morgan fingerprint density at radius 3 is 2.69 bits per heavy atom. The largest absolute Gasteiger partial charge is 0.409 e. The van der Waals surface area contributed by atoms with E-state index >= 15 is 0 Å². The summed E-state index contributed by atoms with van der Waals surface area (Å²) in [6.07, 6.45) is 2.02. The van der Waals surface area contributed by atoms with Crippen LogP contribution in [-0.4, -0.2) is 42.9 Å². The van der Waals surface area contributed by atoms with E-state index in [4.69, 9.17) is 10.9 Å². The lowest BCUT2D eigenvalue weighted by molar-refractivity contribution is 0.315. The van der Waals surface area contributed by atoms with Gasteiger partial charge in [-0.25, -0.2) is 0 Å². The van der Waals surface area contributed by atoms with Crippen molar-refractivity contribution in [1.29, 1.82) is 0 Å². The van der Waals surface area contributed by atoms with E-state index in [0.29, 0.717) is 6.54 Å². The van der Waals surface area contributed by atoms with Crippen molar-refractivity contribution in [2.75, 3.05) is 13.1 Å². The summed E-state index contributed by atoms with van der Waals surface area (Å²) in [6, 6.07) is 0.0860. The summed E-state index contributed by atoms with van der Waals surface area (Å²) < 4.78 is 27.4. The molecule has 4 N–H and O–H groups in total. The molecular formula is C8H18N4O3S. The number of hydrogen-bond donors (Lipinski definition) is 3. The molecular weight excluding hydrogens is 232 g/mol. The molecule has 0 saturated heterocycles. The molecule has 0 bridgehead atoms. The Hall–Kier alpha value is -0.860. The highest BCUT2D eigenvalue weighted by molar-refractivity contribution is 7.87. The third kappa shape index (κ3) is 3.95. The molecule has 8 heteroatoms. The molecule has 7 nitrogen and oxygen atoms in total. The van der Waals surface area contributed by atoms with Gasteiger partial charge in [0.2, 0.25) is 0 Å². The highest BCUT2D eigenvalue weighted by atomic mass is 32.2. The van der Waals surface area contributed by atoms with Crippen LogP contribution >= 0.6 is 0 Å². The van der Waals surface area contributed by atoms with Crippen molar-refractivity contribution in [2.45, 2.75) is 32.2 Å². The van der Waals surface area contributed by atoms with Gasteiger partial charge in [-0.1, -0.05) is 12.1 Å². The van der Waals surface area contributed by atoms with Gasteiger partial charge in [-0.05, 0) is 12.8 Å². The van der Waals surface area contributed by atoms with Crippen LogP contribution < -0.4 is 10.5 Å². The van der Waals surface area contributed by atoms with Gasteiger partial charge in [0.1, 0.15) is 5.84 Å². The minimum absolute atomic E-state index is 0.0278. The number of nitrogens with one attached hydrogen (secondary N) is 1. The molecule has 0 aliphatic heterocycles. The minimum Gasteiger partial charge on any atom is -0.409 e. The molecule has 1 aliphatic carbocycles. The molecule has 0 atom stereocenters. The zero-order valence-corrected chi connectivity index (χ0v) is 10.1. The van der Waals surface area contributed by atoms with Gasteiger partial charge in [0, 0.05) is 25.6 Å². The zero-order chi connectivity index (χ0) is 12.2. The van der Waals surface area contributed by atoms with Gasteiger partial charge in [-0.2, -0.15) is 17.4 Å². The predicted octanol–water partition coefficient (Wildman–Crippen LogP) is -0.558. The highest BCUT2D eigenvalue weighted by Gasteiger charge is 2.30. The van der Waals surface area contributed by atoms with E-state index in [1.54, 1.807) is 6.92 Å². The van der Waals surface area contributed by atoms with E-state index in [1.807, 2.05) is 0 Å². The number of hydrogen-bond acceptors (Lipinski definition) is 4. The lowest BCUT2D eigenvalue weighted by atomic mass is 10.4. The molecule has 0 spiro atoms. The number of rotatable bonds is 7. The third-order valence-electron chi connectivity index (χ3n) is 2.33. The molecule has 1 aliphatic rings. The van der Waals surface area contributed by atoms with Crippen molar-refractivity contribution in [3.05, 3.63) is 0 Å². The summed E-state index contributed by atoms with van der Waals surface area (Å²) in [5, 5.41) is 11.2. The van der Waals surface area contributed by atoms with E-state index in [2.05, 4.69) is 9.88 Å². The van der Waals surface area contributed by atoms with Crippen LogP contribution in [0.15, 0.2) is 5.16 Å². The molecule has 0 aromatic heterocycles. The van der Waals surface area contributed by atoms with Gasteiger partial charge in [0.15, 0.2) is 0 Å². The summed E-state index contributed by atoms with van der Waals surface area (Å²) in [4.78, 5) is 0. The van der Waals surface area contributed by atoms with Crippen LogP contribution in [0.2, 0.25) is 0 Å². The number of amidine groups is 1. The van der Waals surface area contributed by atoms with Crippen molar-refractivity contribution in [3.63, 3.8) is 0 Å². The molecule has 1 saturated carbocycles. The smallest absolute Gasteiger partial charge is 0.279 e. The van der Waals surface area contributed by atoms with E-state index in [9.17, 15) is 8.42 Å². The Morgan fingerprint density at radius 1 is 1.62 bits per heavy atom. The fraction of sp³-hybridized carbons (Fsp3) is 0.875. The normalized spacial score (nSPS) is 18.0. The first-order chi connectivity index (χ1) is 7.49. The Bertz CT molecular complexity index is 350. The van der Waals surface area contributed by atoms with Crippen LogP contribution in [0.3, 0.4) is 0 Å². The standard InChI is InChI=1S/C8H18N4O3S/c1-2-12(6-5-8(9)10-13)16(14,15)11-7-3-4-7/h7,11,13H,2-6H2,1H3,(H2,9,10). The molecule has 1 fully saturated rings. The van der Waals surface area contributed by atoms with Gasteiger partial charge in [-0.3, -0.25) is 0 Å². The van der Waals surface area contributed by atoms with E-state index in [1.165, 1.54) is 4.31 Å². The third-order valence-corrected chi connectivity index (χ3v) is 4.08. The van der Waals surface area contributed by atoms with Crippen molar-refractivity contribution in [2.24, 2.45) is 10.9 Å². The van der Waals surface area contributed by atoms with E-state index in [0.717, 1.165) is 12.8 Å². The summed E-state index contributed by atoms with van der Waals surface area (Å²) in [5.41, 5.74) is 5.29. The quantitative estimate of drug-likeness (QED) is 0.243. The average Bonchev–Trinajstić information content (AvgIpc) is 3.01. The van der Waals surface area contributed by atoms with Crippen molar-refractivity contribution in [1.82, 2.24) is 9.03 Å². The number of oxime groups is 1. The lowest BCUT2D eigenvalue weighted by Crippen LogP contribution is -2.42. The second-order valence-electron chi connectivity index (χ2n) is 3.73. The van der Waals surface area contributed by atoms with Crippen LogP contribution in [-0.2, 0) is 10.2 Å². The number of nitrogens with two attached hydrogens (primary N) is 1. The van der Waals surface area contributed by atoms with Gasteiger partial charge in [-0.15, -0.1) is 0 Å². The molecule has 0 heterocycles. The Morgan fingerprint density at radius 2 is 2.25 bits per heavy atom. The lowest BCUT2D eigenvalue weighted by Gasteiger charge is -2.20. The Balaban J connectivity index is 2.51. The maximum absolute atomic E-state index is 11.8. The monoisotopic (exact) mass is 250 g/mol. The Kier molecular flexibility index (Phi) is 4.51. The van der Waals surface area contributed by atoms with E-state index in [-0.39, 0.29) is 24.8 Å². The zero-order valence-electron chi connectivity index (χ0n) is 9.26. The van der Waals surface area contributed by atoms with E-state index < -0.39 is 10.2 Å². The maximum atomic E-state index is 11.8. The maximum Gasteiger partial charge on any atom is 0.279 e. The van der Waals surface area contributed by atoms with Crippen molar-refractivity contribution >= 4 is 16.0 Å². The summed E-state index contributed by atoms with van der Waals surface area (Å²) in [7, 11) is -3.42. The highest BCUT2D eigenvalue weighted by Crippen LogP contribution is 2.20. The van der Waals surface area contributed by atoms with Gasteiger partial charge in [0.05, 0.1) is 0 Å². The molecule has 16 heavy (non-hydrogen) atoms. The summed E-state index contributed by atoms with van der Waals surface area (Å²) >= 11 is 0. The molecule has 0 aromatic carbocycles. The minimum atomic E-state index is -3.42. The van der Waals surface area contributed by atoms with Gasteiger partial charge < -0.3 is 10.9 Å². The Labute approximate surface area is 95.5 Å².